The summed E-state index contributed by atoms with van der Waals surface area (Å²) in [4.78, 5) is 30.7. The van der Waals surface area contributed by atoms with Crippen LogP contribution in [0.15, 0.2) is 12.1 Å². The Morgan fingerprint density at radius 2 is 2.25 bits per heavy atom. The lowest BCUT2D eigenvalue weighted by Gasteiger charge is -2.41. The predicted molar refractivity (Wildman–Crippen MR) is 92.2 cm³/mol. The molecule has 4 rings (SSSR count). The second-order valence-electron chi connectivity index (χ2n) is 7.26. The molecule has 4 heterocycles. The van der Waals surface area contributed by atoms with Crippen LogP contribution in [0.4, 0.5) is 0 Å². The molecule has 3 aliphatic heterocycles. The van der Waals surface area contributed by atoms with Crippen molar-refractivity contribution in [1.82, 2.24) is 9.80 Å². The van der Waals surface area contributed by atoms with Gasteiger partial charge in [0.15, 0.2) is 0 Å². The van der Waals surface area contributed by atoms with Crippen LogP contribution in [0, 0.1) is 6.92 Å². The average molecular weight is 348 g/mol. The van der Waals surface area contributed by atoms with Gasteiger partial charge in [-0.3, -0.25) is 9.59 Å². The number of amides is 2. The summed E-state index contributed by atoms with van der Waals surface area (Å²) in [7, 11) is 0. The Morgan fingerprint density at radius 3 is 2.96 bits per heavy atom. The lowest BCUT2D eigenvalue weighted by Crippen LogP contribution is -2.50. The molecule has 3 saturated heterocycles. The van der Waals surface area contributed by atoms with Crippen LogP contribution in [0.5, 0.6) is 0 Å². The molecule has 0 aliphatic carbocycles. The van der Waals surface area contributed by atoms with Gasteiger partial charge >= 0.3 is 0 Å². The SMILES string of the molecule is Cc1ccc(C(=O)N2CC[C@]3(C[C@@H](N4CCCC4=O)CCO3)C2)s1. The molecule has 1 spiro atoms. The van der Waals surface area contributed by atoms with Gasteiger partial charge in [0, 0.05) is 37.0 Å². The highest BCUT2D eigenvalue weighted by Crippen LogP contribution is 2.37. The van der Waals surface area contributed by atoms with E-state index in [9.17, 15) is 9.59 Å². The van der Waals surface area contributed by atoms with E-state index in [0.29, 0.717) is 19.6 Å². The maximum Gasteiger partial charge on any atom is 0.264 e. The Morgan fingerprint density at radius 1 is 1.38 bits per heavy atom. The zero-order valence-corrected chi connectivity index (χ0v) is 14.9. The number of thiophene rings is 1. The highest BCUT2D eigenvalue weighted by Gasteiger charge is 2.47. The monoisotopic (exact) mass is 348 g/mol. The van der Waals surface area contributed by atoms with E-state index in [1.165, 1.54) is 0 Å². The van der Waals surface area contributed by atoms with Gasteiger partial charge in [0.1, 0.15) is 0 Å². The number of carbonyl (C=O) groups is 2. The normalized spacial score (nSPS) is 30.5. The minimum absolute atomic E-state index is 0.118. The fourth-order valence-corrected chi connectivity index (χ4v) is 5.17. The first-order valence-electron chi connectivity index (χ1n) is 8.85. The molecule has 3 aliphatic rings. The minimum Gasteiger partial charge on any atom is -0.373 e. The quantitative estimate of drug-likeness (QED) is 0.825. The van der Waals surface area contributed by atoms with E-state index in [-0.39, 0.29) is 23.5 Å². The van der Waals surface area contributed by atoms with Gasteiger partial charge in [-0.25, -0.2) is 0 Å². The Balaban J connectivity index is 1.44. The van der Waals surface area contributed by atoms with E-state index in [1.807, 2.05) is 24.0 Å². The van der Waals surface area contributed by atoms with Gasteiger partial charge in [0.05, 0.1) is 17.0 Å². The van der Waals surface area contributed by atoms with Crippen molar-refractivity contribution in [3.8, 4) is 0 Å². The van der Waals surface area contributed by atoms with Crippen molar-refractivity contribution in [2.24, 2.45) is 0 Å². The van der Waals surface area contributed by atoms with Crippen LogP contribution < -0.4 is 0 Å². The Hall–Kier alpha value is -1.40. The molecule has 3 fully saturated rings. The fourth-order valence-electron chi connectivity index (χ4n) is 4.33. The molecule has 24 heavy (non-hydrogen) atoms. The number of likely N-dealkylation sites (tertiary alicyclic amines) is 2. The zero-order valence-electron chi connectivity index (χ0n) is 14.1. The van der Waals surface area contributed by atoms with Crippen molar-refractivity contribution >= 4 is 23.2 Å². The minimum atomic E-state index is -0.256. The Bertz CT molecular complexity index is 658. The largest absolute Gasteiger partial charge is 0.373 e. The van der Waals surface area contributed by atoms with Crippen molar-refractivity contribution < 1.29 is 14.3 Å². The molecule has 2 amide bonds. The van der Waals surface area contributed by atoms with Gasteiger partial charge in [-0.05, 0) is 44.7 Å². The van der Waals surface area contributed by atoms with Gasteiger partial charge in [-0.2, -0.15) is 0 Å². The second kappa shape index (κ2) is 6.15. The topological polar surface area (TPSA) is 49.9 Å². The maximum absolute atomic E-state index is 12.7. The zero-order chi connectivity index (χ0) is 16.7. The molecule has 0 aromatic carbocycles. The van der Waals surface area contributed by atoms with Gasteiger partial charge in [0.25, 0.3) is 5.91 Å². The summed E-state index contributed by atoms with van der Waals surface area (Å²) < 4.78 is 6.14. The summed E-state index contributed by atoms with van der Waals surface area (Å²) in [5.74, 6) is 0.407. The first-order valence-corrected chi connectivity index (χ1v) is 9.67. The van der Waals surface area contributed by atoms with Crippen molar-refractivity contribution in [2.75, 3.05) is 26.2 Å². The number of aryl methyl sites for hydroxylation is 1. The van der Waals surface area contributed by atoms with Crippen LogP contribution in [0.25, 0.3) is 0 Å². The van der Waals surface area contributed by atoms with Crippen molar-refractivity contribution in [2.45, 2.75) is 50.7 Å². The van der Waals surface area contributed by atoms with Crippen LogP contribution in [0.3, 0.4) is 0 Å². The third kappa shape index (κ3) is 2.86. The summed E-state index contributed by atoms with van der Waals surface area (Å²) in [5.41, 5.74) is -0.256. The molecule has 0 bridgehead atoms. The summed E-state index contributed by atoms with van der Waals surface area (Å²) in [6.45, 7) is 5.00. The summed E-state index contributed by atoms with van der Waals surface area (Å²) in [6, 6.07) is 4.20. The molecule has 1 aromatic rings. The van der Waals surface area contributed by atoms with Gasteiger partial charge in [-0.1, -0.05) is 0 Å². The molecule has 130 valence electrons. The smallest absolute Gasteiger partial charge is 0.264 e. The third-order valence-corrected chi connectivity index (χ3v) is 6.56. The Labute approximate surface area is 146 Å². The lowest BCUT2D eigenvalue weighted by molar-refractivity contribution is -0.137. The molecule has 0 saturated carbocycles. The van der Waals surface area contributed by atoms with E-state index in [0.717, 1.165) is 48.5 Å². The van der Waals surface area contributed by atoms with Crippen LogP contribution >= 0.6 is 11.3 Å². The van der Waals surface area contributed by atoms with Crippen molar-refractivity contribution in [1.29, 1.82) is 0 Å². The van der Waals surface area contributed by atoms with Crippen LogP contribution in [0.2, 0.25) is 0 Å². The highest BCUT2D eigenvalue weighted by atomic mass is 32.1. The standard InChI is InChI=1S/C18H24N2O3S/c1-13-4-5-15(24-13)17(22)19-9-7-18(12-19)11-14(6-10-23-18)20-8-2-3-16(20)21/h4-5,14H,2-3,6-12H2,1H3/t14-,18-/m0/s1. The molecule has 1 aromatic heterocycles. The van der Waals surface area contributed by atoms with Gasteiger partial charge < -0.3 is 14.5 Å². The van der Waals surface area contributed by atoms with Crippen molar-refractivity contribution in [3.05, 3.63) is 21.9 Å². The number of ether oxygens (including phenoxy) is 1. The van der Waals surface area contributed by atoms with Crippen molar-refractivity contribution in [3.63, 3.8) is 0 Å². The number of nitrogens with zero attached hydrogens (tertiary/aromatic N) is 2. The number of hydrogen-bond acceptors (Lipinski definition) is 4. The third-order valence-electron chi connectivity index (χ3n) is 5.57. The first-order chi connectivity index (χ1) is 11.6. The second-order valence-corrected chi connectivity index (χ2v) is 8.54. The van der Waals surface area contributed by atoms with Gasteiger partial charge in [-0.15, -0.1) is 11.3 Å². The number of carbonyl (C=O) groups excluding carboxylic acids is 2. The molecule has 6 heteroatoms. The summed E-state index contributed by atoms with van der Waals surface area (Å²) in [6.07, 6.45) is 4.33. The predicted octanol–water partition coefficient (Wildman–Crippen LogP) is 2.44. The summed E-state index contributed by atoms with van der Waals surface area (Å²) >= 11 is 1.55. The fraction of sp³-hybridized carbons (Fsp3) is 0.667. The molecule has 0 unspecified atom stereocenters. The maximum atomic E-state index is 12.7. The van der Waals surface area contributed by atoms with E-state index in [2.05, 4.69) is 4.90 Å². The van der Waals surface area contributed by atoms with E-state index in [4.69, 9.17) is 4.74 Å². The lowest BCUT2D eigenvalue weighted by atomic mass is 9.89. The number of hydrogen-bond donors (Lipinski definition) is 0. The van der Waals surface area contributed by atoms with E-state index >= 15 is 0 Å². The van der Waals surface area contributed by atoms with Gasteiger partial charge in [0.2, 0.25) is 5.91 Å². The number of rotatable bonds is 2. The van der Waals surface area contributed by atoms with Crippen LogP contribution in [-0.4, -0.2) is 59.5 Å². The summed E-state index contributed by atoms with van der Waals surface area (Å²) in [5, 5.41) is 0. The molecule has 0 radical (unpaired) electrons. The van der Waals surface area contributed by atoms with Crippen LogP contribution in [0.1, 0.15) is 46.7 Å². The molecular weight excluding hydrogens is 324 g/mol. The molecule has 5 nitrogen and oxygen atoms in total. The first kappa shape index (κ1) is 16.1. The molecule has 2 atom stereocenters. The highest BCUT2D eigenvalue weighted by molar-refractivity contribution is 7.13. The van der Waals surface area contributed by atoms with E-state index < -0.39 is 0 Å². The average Bonchev–Trinajstić information content (AvgIpc) is 3.28. The van der Waals surface area contributed by atoms with Crippen LogP contribution in [-0.2, 0) is 9.53 Å². The van der Waals surface area contributed by atoms with E-state index in [1.54, 1.807) is 11.3 Å². The molecular formula is C18H24N2O3S. The Kier molecular flexibility index (Phi) is 4.12. The molecule has 0 N–H and O–H groups in total.